The molecule has 2 N–H and O–H groups in total. The van der Waals surface area contributed by atoms with Crippen LogP contribution in [0.1, 0.15) is 16.7 Å². The second-order valence-electron chi connectivity index (χ2n) is 7.04. The maximum Gasteiger partial charge on any atom is 0.191 e. The molecule has 1 aliphatic rings. The van der Waals surface area contributed by atoms with E-state index in [-0.39, 0.29) is 0 Å². The van der Waals surface area contributed by atoms with E-state index in [0.29, 0.717) is 6.54 Å². The van der Waals surface area contributed by atoms with Gasteiger partial charge in [0.2, 0.25) is 0 Å². The van der Waals surface area contributed by atoms with Gasteiger partial charge < -0.3 is 20.4 Å². The smallest absolute Gasteiger partial charge is 0.191 e. The van der Waals surface area contributed by atoms with Crippen molar-refractivity contribution in [1.29, 1.82) is 0 Å². The molecule has 0 saturated carbocycles. The van der Waals surface area contributed by atoms with Crippen LogP contribution in [0, 0.1) is 6.92 Å². The molecule has 0 amide bonds. The van der Waals surface area contributed by atoms with Crippen LogP contribution in [-0.2, 0) is 13.1 Å². The van der Waals surface area contributed by atoms with Gasteiger partial charge in [-0.15, -0.1) is 0 Å². The van der Waals surface area contributed by atoms with Gasteiger partial charge in [-0.1, -0.05) is 35.9 Å². The van der Waals surface area contributed by atoms with E-state index >= 15 is 0 Å². The zero-order chi connectivity index (χ0) is 19.1. The minimum atomic E-state index is 0.698. The molecule has 1 saturated heterocycles. The Kier molecular flexibility index (Phi) is 6.65. The first-order valence-electron chi connectivity index (χ1n) is 9.53. The highest BCUT2D eigenvalue weighted by Crippen LogP contribution is 2.18. The molecule has 27 heavy (non-hydrogen) atoms. The van der Waals surface area contributed by atoms with E-state index in [4.69, 9.17) is 0 Å². The Bertz CT molecular complexity index is 748. The highest BCUT2D eigenvalue weighted by molar-refractivity contribution is 5.79. The Morgan fingerprint density at radius 3 is 2.44 bits per heavy atom. The van der Waals surface area contributed by atoms with Crippen LogP contribution < -0.4 is 15.5 Å². The number of pyridine rings is 1. The van der Waals surface area contributed by atoms with Gasteiger partial charge in [0, 0.05) is 58.1 Å². The molecule has 6 heteroatoms. The molecule has 1 aromatic heterocycles. The normalized spacial score (nSPS) is 15.7. The van der Waals surface area contributed by atoms with E-state index < -0.39 is 0 Å². The molecule has 0 bridgehead atoms. The molecule has 3 rings (SSSR count). The fourth-order valence-corrected chi connectivity index (χ4v) is 3.16. The van der Waals surface area contributed by atoms with Crippen LogP contribution in [0.25, 0.3) is 0 Å². The van der Waals surface area contributed by atoms with Crippen molar-refractivity contribution in [1.82, 2.24) is 20.5 Å². The average Bonchev–Trinajstić information content (AvgIpc) is 2.70. The molecule has 0 atom stereocenters. The first-order valence-corrected chi connectivity index (χ1v) is 9.53. The summed E-state index contributed by atoms with van der Waals surface area (Å²) in [5.41, 5.74) is 3.71. The second-order valence-corrected chi connectivity index (χ2v) is 7.04. The van der Waals surface area contributed by atoms with Gasteiger partial charge in [0.25, 0.3) is 0 Å². The van der Waals surface area contributed by atoms with Gasteiger partial charge >= 0.3 is 0 Å². The molecule has 1 fully saturated rings. The first kappa shape index (κ1) is 19.2. The van der Waals surface area contributed by atoms with Crippen molar-refractivity contribution in [2.45, 2.75) is 20.0 Å². The maximum atomic E-state index is 4.64. The number of hydrogen-bond donors (Lipinski definition) is 2. The van der Waals surface area contributed by atoms with Crippen molar-refractivity contribution in [2.24, 2.45) is 4.99 Å². The summed E-state index contributed by atoms with van der Waals surface area (Å²) in [5, 5.41) is 6.80. The lowest BCUT2D eigenvalue weighted by atomic mass is 10.1. The van der Waals surface area contributed by atoms with Crippen LogP contribution >= 0.6 is 0 Å². The first-order chi connectivity index (χ1) is 13.2. The summed E-state index contributed by atoms with van der Waals surface area (Å²) in [6.45, 7) is 7.72. The fraction of sp³-hybridized carbons (Fsp3) is 0.429. The number of hydrogen-bond acceptors (Lipinski definition) is 4. The number of guanidine groups is 1. The van der Waals surface area contributed by atoms with E-state index in [2.05, 4.69) is 74.7 Å². The van der Waals surface area contributed by atoms with Crippen LogP contribution in [-0.4, -0.2) is 56.1 Å². The fourth-order valence-electron chi connectivity index (χ4n) is 3.16. The summed E-state index contributed by atoms with van der Waals surface area (Å²) in [4.78, 5) is 13.7. The Morgan fingerprint density at radius 2 is 1.74 bits per heavy atom. The number of aromatic nitrogens is 1. The monoisotopic (exact) mass is 366 g/mol. The molecule has 0 unspecified atom stereocenters. The summed E-state index contributed by atoms with van der Waals surface area (Å²) < 4.78 is 0. The molecule has 1 aromatic carbocycles. The standard InChI is InChI=1S/C21H30N6/c1-17-6-8-18(9-7-17)15-24-21(22-2)25-16-19-5-4-10-23-20(19)27-13-11-26(3)12-14-27/h4-10H,11-16H2,1-3H3,(H2,22,24,25). The maximum absolute atomic E-state index is 4.64. The molecule has 6 nitrogen and oxygen atoms in total. The number of nitrogens with one attached hydrogen (secondary N) is 2. The van der Waals surface area contributed by atoms with Gasteiger partial charge in [-0.2, -0.15) is 0 Å². The zero-order valence-corrected chi connectivity index (χ0v) is 16.6. The molecular weight excluding hydrogens is 336 g/mol. The van der Waals surface area contributed by atoms with Crippen LogP contribution in [0.4, 0.5) is 5.82 Å². The predicted octanol–water partition coefficient (Wildman–Crippen LogP) is 2.01. The number of aryl methyl sites for hydroxylation is 1. The predicted molar refractivity (Wildman–Crippen MR) is 112 cm³/mol. The summed E-state index contributed by atoms with van der Waals surface area (Å²) in [6.07, 6.45) is 1.88. The average molecular weight is 367 g/mol. The molecule has 2 heterocycles. The van der Waals surface area contributed by atoms with Gasteiger partial charge in [-0.25, -0.2) is 4.98 Å². The lowest BCUT2D eigenvalue weighted by molar-refractivity contribution is 0.312. The van der Waals surface area contributed by atoms with Crippen LogP contribution in [0.2, 0.25) is 0 Å². The van der Waals surface area contributed by atoms with E-state index in [1.165, 1.54) is 16.7 Å². The third-order valence-corrected chi connectivity index (χ3v) is 4.92. The number of benzene rings is 1. The number of piperazine rings is 1. The summed E-state index contributed by atoms with van der Waals surface area (Å²) in [7, 11) is 3.97. The molecule has 0 aliphatic carbocycles. The van der Waals surface area contributed by atoms with Crippen LogP contribution in [0.15, 0.2) is 47.6 Å². The van der Waals surface area contributed by atoms with E-state index in [1.807, 2.05) is 12.3 Å². The minimum absolute atomic E-state index is 0.698. The number of rotatable bonds is 5. The second kappa shape index (κ2) is 9.37. The largest absolute Gasteiger partial charge is 0.354 e. The third kappa shape index (κ3) is 5.44. The summed E-state index contributed by atoms with van der Waals surface area (Å²) in [5.74, 6) is 1.87. The number of likely N-dealkylation sites (N-methyl/N-ethyl adjacent to an activating group) is 1. The van der Waals surface area contributed by atoms with Crippen LogP contribution in [0.3, 0.4) is 0 Å². The quantitative estimate of drug-likeness (QED) is 0.626. The summed E-state index contributed by atoms with van der Waals surface area (Å²) >= 11 is 0. The molecular formula is C21H30N6. The highest BCUT2D eigenvalue weighted by Gasteiger charge is 2.17. The van der Waals surface area contributed by atoms with Crippen molar-refractivity contribution in [3.05, 3.63) is 59.3 Å². The van der Waals surface area contributed by atoms with E-state index in [9.17, 15) is 0 Å². The van der Waals surface area contributed by atoms with Gasteiger partial charge in [-0.3, -0.25) is 4.99 Å². The van der Waals surface area contributed by atoms with Gasteiger partial charge in [-0.05, 0) is 25.6 Å². The number of nitrogens with zero attached hydrogens (tertiary/aromatic N) is 4. The Morgan fingerprint density at radius 1 is 1.04 bits per heavy atom. The Balaban J connectivity index is 1.57. The molecule has 0 spiro atoms. The van der Waals surface area contributed by atoms with Crippen molar-refractivity contribution in [2.75, 3.05) is 45.2 Å². The molecule has 2 aromatic rings. The third-order valence-electron chi connectivity index (χ3n) is 4.92. The topological polar surface area (TPSA) is 55.8 Å². The van der Waals surface area contributed by atoms with Gasteiger partial charge in [0.05, 0.1) is 0 Å². The van der Waals surface area contributed by atoms with Crippen molar-refractivity contribution < 1.29 is 0 Å². The lowest BCUT2D eigenvalue weighted by Crippen LogP contribution is -2.45. The SMILES string of the molecule is CN=C(NCc1ccc(C)cc1)NCc1cccnc1N1CCN(C)CC1. The zero-order valence-electron chi connectivity index (χ0n) is 16.6. The minimum Gasteiger partial charge on any atom is -0.354 e. The highest BCUT2D eigenvalue weighted by atomic mass is 15.3. The molecule has 0 radical (unpaired) electrons. The van der Waals surface area contributed by atoms with Gasteiger partial charge in [0.1, 0.15) is 5.82 Å². The van der Waals surface area contributed by atoms with Gasteiger partial charge in [0.15, 0.2) is 5.96 Å². The lowest BCUT2D eigenvalue weighted by Gasteiger charge is -2.34. The Labute approximate surface area is 162 Å². The van der Waals surface area contributed by atoms with Crippen molar-refractivity contribution in [3.8, 4) is 0 Å². The summed E-state index contributed by atoms with van der Waals surface area (Å²) in [6, 6.07) is 12.7. The molecule has 144 valence electrons. The van der Waals surface area contributed by atoms with E-state index in [0.717, 1.165) is 44.5 Å². The number of aliphatic imine (C=N–C) groups is 1. The Hall–Kier alpha value is -2.60. The van der Waals surface area contributed by atoms with E-state index in [1.54, 1.807) is 7.05 Å². The number of anilines is 1. The molecule has 1 aliphatic heterocycles. The van der Waals surface area contributed by atoms with Crippen molar-refractivity contribution in [3.63, 3.8) is 0 Å². The van der Waals surface area contributed by atoms with Crippen LogP contribution in [0.5, 0.6) is 0 Å². The van der Waals surface area contributed by atoms with Crippen molar-refractivity contribution >= 4 is 11.8 Å².